The van der Waals surface area contributed by atoms with Crippen molar-refractivity contribution in [1.29, 1.82) is 0 Å². The first kappa shape index (κ1) is 27.7. The Hall–Kier alpha value is -2.82. The number of nitrogens with zero attached hydrogens (tertiary/aromatic N) is 8. The molecule has 2 fully saturated rings. The average Bonchev–Trinajstić information content (AvgIpc) is 3.67. The van der Waals surface area contributed by atoms with E-state index < -0.39 is 0 Å². The van der Waals surface area contributed by atoms with Crippen LogP contribution >= 0.6 is 11.6 Å². The third-order valence-electron chi connectivity index (χ3n) is 7.69. The zero-order valence-electron chi connectivity index (χ0n) is 23.4. The fraction of sp³-hybridized carbons (Fsp3) is 0.571. The molecule has 3 aromatic heterocycles. The molecule has 2 saturated heterocycles. The summed E-state index contributed by atoms with van der Waals surface area (Å²) >= 11 is 5.96. The first-order valence-corrected chi connectivity index (χ1v) is 14.2. The molecule has 9 nitrogen and oxygen atoms in total. The summed E-state index contributed by atoms with van der Waals surface area (Å²) in [4.78, 5) is 14.4. The summed E-state index contributed by atoms with van der Waals surface area (Å²) in [6, 6.07) is 5.52. The number of ether oxygens (including phenoxy) is 1. The molecule has 4 aromatic rings. The summed E-state index contributed by atoms with van der Waals surface area (Å²) < 4.78 is 23.2. The molecule has 0 spiro atoms. The van der Waals surface area contributed by atoms with Crippen LogP contribution in [-0.4, -0.2) is 72.9 Å². The molecule has 0 bridgehead atoms. The Bertz CT molecular complexity index is 1420. The van der Waals surface area contributed by atoms with Crippen molar-refractivity contribution in [2.75, 3.05) is 37.7 Å². The fourth-order valence-electron chi connectivity index (χ4n) is 5.58. The largest absolute Gasteiger partial charge is 0.381 e. The van der Waals surface area contributed by atoms with E-state index in [1.807, 2.05) is 29.0 Å². The Morgan fingerprint density at radius 3 is 2.56 bits per heavy atom. The van der Waals surface area contributed by atoms with Gasteiger partial charge < -0.3 is 14.2 Å². The fourth-order valence-corrected chi connectivity index (χ4v) is 5.70. The van der Waals surface area contributed by atoms with Crippen LogP contribution in [0.3, 0.4) is 0 Å². The normalized spacial score (nSPS) is 19.2. The van der Waals surface area contributed by atoms with Gasteiger partial charge in [-0.3, -0.25) is 4.90 Å². The molecule has 6 rings (SSSR count). The molecule has 5 heterocycles. The molecule has 0 radical (unpaired) electrons. The van der Waals surface area contributed by atoms with Crippen LogP contribution in [0.1, 0.15) is 57.5 Å². The zero-order valence-corrected chi connectivity index (χ0v) is 24.2. The van der Waals surface area contributed by atoms with Crippen molar-refractivity contribution in [3.05, 3.63) is 46.8 Å². The molecule has 0 N–H and O–H groups in total. The van der Waals surface area contributed by atoms with Gasteiger partial charge in [-0.1, -0.05) is 31.5 Å². The maximum Gasteiger partial charge on any atom is 0.258 e. The lowest BCUT2D eigenvalue weighted by Gasteiger charge is -2.44. The maximum absolute atomic E-state index is 14.3. The van der Waals surface area contributed by atoms with Crippen molar-refractivity contribution in [1.82, 2.24) is 34.0 Å². The van der Waals surface area contributed by atoms with Crippen molar-refractivity contribution in [3.63, 3.8) is 0 Å². The number of fused-ring (bicyclic) bond motifs is 3. The number of imidazole rings is 1. The first-order chi connectivity index (χ1) is 18.7. The van der Waals surface area contributed by atoms with Gasteiger partial charge in [0.25, 0.3) is 5.78 Å². The van der Waals surface area contributed by atoms with Crippen LogP contribution in [0, 0.1) is 18.7 Å². The summed E-state index contributed by atoms with van der Waals surface area (Å²) in [5.41, 5.74) is 2.76. The van der Waals surface area contributed by atoms with E-state index in [-0.39, 0.29) is 22.9 Å². The molecule has 2 aliphatic heterocycles. The zero-order chi connectivity index (χ0) is 27.7. The van der Waals surface area contributed by atoms with Gasteiger partial charge in [0.1, 0.15) is 23.5 Å². The third kappa shape index (κ3) is 5.73. The van der Waals surface area contributed by atoms with E-state index >= 15 is 0 Å². The van der Waals surface area contributed by atoms with Crippen molar-refractivity contribution in [2.24, 2.45) is 13.0 Å². The van der Waals surface area contributed by atoms with Crippen molar-refractivity contribution >= 4 is 34.4 Å². The lowest BCUT2D eigenvalue weighted by molar-refractivity contribution is 0.145. The molecule has 2 unspecified atom stereocenters. The predicted octanol–water partition coefficient (Wildman–Crippen LogP) is 5.21. The number of hydrogen-bond donors (Lipinski definition) is 0. The van der Waals surface area contributed by atoms with Crippen LogP contribution in [0.15, 0.2) is 24.5 Å². The van der Waals surface area contributed by atoms with Crippen molar-refractivity contribution in [2.45, 2.75) is 59.0 Å². The molecule has 2 atom stereocenters. The lowest BCUT2D eigenvalue weighted by atomic mass is 9.94. The average molecular weight is 557 g/mol. The Labute approximate surface area is 233 Å². The molecule has 210 valence electrons. The molecule has 1 aromatic carbocycles. The minimum Gasteiger partial charge on any atom is -0.381 e. The Morgan fingerprint density at radius 2 is 1.92 bits per heavy atom. The second-order valence-corrected chi connectivity index (χ2v) is 11.4. The monoisotopic (exact) mass is 556 g/mol. The van der Waals surface area contributed by atoms with Gasteiger partial charge >= 0.3 is 0 Å². The number of benzene rings is 1. The van der Waals surface area contributed by atoms with E-state index in [0.29, 0.717) is 11.7 Å². The van der Waals surface area contributed by atoms with Gasteiger partial charge in [0, 0.05) is 52.0 Å². The maximum atomic E-state index is 14.3. The molecule has 0 aliphatic carbocycles. The second-order valence-electron chi connectivity index (χ2n) is 11.0. The summed E-state index contributed by atoms with van der Waals surface area (Å²) in [6.07, 6.45) is 5.18. The number of piperazine rings is 1. The number of aryl methyl sites for hydroxylation is 2. The number of hydrogen-bond acceptors (Lipinski definition) is 7. The predicted molar refractivity (Wildman–Crippen MR) is 152 cm³/mol. The van der Waals surface area contributed by atoms with Crippen LogP contribution in [0.4, 0.5) is 10.2 Å². The molecule has 2 aliphatic rings. The third-order valence-corrected chi connectivity index (χ3v) is 7.99. The molecule has 0 saturated carbocycles. The van der Waals surface area contributed by atoms with Crippen LogP contribution in [0.5, 0.6) is 0 Å². The highest BCUT2D eigenvalue weighted by molar-refractivity contribution is 6.30. The summed E-state index contributed by atoms with van der Waals surface area (Å²) in [5, 5.41) is 8.43. The minimum absolute atomic E-state index is 0.125. The SMILES string of the molecule is C1CCOC1.Cc1nc2c(N3CCN(C(CC(C)C)c4ccc(Cl)c(F)c4)CC3C)nc3nncn3c2n1C. The molecule has 39 heavy (non-hydrogen) atoms. The molecule has 11 heteroatoms. The van der Waals surface area contributed by atoms with E-state index in [9.17, 15) is 4.39 Å². The minimum atomic E-state index is -0.363. The van der Waals surface area contributed by atoms with E-state index in [1.54, 1.807) is 18.5 Å². The van der Waals surface area contributed by atoms with Crippen LogP contribution in [0.2, 0.25) is 5.02 Å². The summed E-state index contributed by atoms with van der Waals surface area (Å²) in [7, 11) is 2.00. The van der Waals surface area contributed by atoms with Gasteiger partial charge in [-0.05, 0) is 56.7 Å². The van der Waals surface area contributed by atoms with E-state index in [0.717, 1.165) is 67.6 Å². The number of aromatic nitrogens is 6. The lowest BCUT2D eigenvalue weighted by Crippen LogP contribution is -2.53. The van der Waals surface area contributed by atoms with Gasteiger partial charge in [-0.2, -0.15) is 4.98 Å². The molecular formula is C28H38ClFN8O. The van der Waals surface area contributed by atoms with Crippen LogP contribution in [-0.2, 0) is 11.8 Å². The topological polar surface area (TPSA) is 76.6 Å². The highest BCUT2D eigenvalue weighted by Gasteiger charge is 2.32. The second kappa shape index (κ2) is 11.7. The quantitative estimate of drug-likeness (QED) is 0.334. The van der Waals surface area contributed by atoms with Gasteiger partial charge in [0.05, 0.1) is 5.02 Å². The van der Waals surface area contributed by atoms with Gasteiger partial charge in [0.2, 0.25) is 0 Å². The van der Waals surface area contributed by atoms with E-state index in [2.05, 4.69) is 40.8 Å². The standard InChI is InChI=1S/C24H30ClFN8.C4H8O/c1-14(2)10-20(17-6-7-18(25)19(26)11-17)32-8-9-33(15(3)12-32)22-21-23(31(5)16(4)28-21)34-13-27-30-24(34)29-22;1-2-4-5-3-1/h6-7,11,13-15,20H,8-10,12H2,1-5H3;1-4H2. The molecule has 0 amide bonds. The number of anilines is 1. The molecular weight excluding hydrogens is 519 g/mol. The number of halogens is 2. The Kier molecular flexibility index (Phi) is 8.35. The highest BCUT2D eigenvalue weighted by atomic mass is 35.5. The Balaban J connectivity index is 0.000000555. The van der Waals surface area contributed by atoms with E-state index in [4.69, 9.17) is 26.3 Å². The smallest absolute Gasteiger partial charge is 0.258 e. The van der Waals surface area contributed by atoms with Gasteiger partial charge in [-0.15, -0.1) is 10.2 Å². The first-order valence-electron chi connectivity index (χ1n) is 13.8. The van der Waals surface area contributed by atoms with Crippen molar-refractivity contribution < 1.29 is 9.13 Å². The summed E-state index contributed by atoms with van der Waals surface area (Å²) in [5.74, 6) is 2.43. The van der Waals surface area contributed by atoms with Gasteiger partial charge in [-0.25, -0.2) is 13.8 Å². The number of rotatable bonds is 5. The Morgan fingerprint density at radius 1 is 1.15 bits per heavy atom. The van der Waals surface area contributed by atoms with Crippen molar-refractivity contribution in [3.8, 4) is 0 Å². The highest BCUT2D eigenvalue weighted by Crippen LogP contribution is 2.34. The van der Waals surface area contributed by atoms with E-state index in [1.165, 1.54) is 12.8 Å². The van der Waals surface area contributed by atoms with Crippen LogP contribution in [0.25, 0.3) is 16.9 Å². The van der Waals surface area contributed by atoms with Gasteiger partial charge in [0.15, 0.2) is 11.5 Å². The summed E-state index contributed by atoms with van der Waals surface area (Å²) in [6.45, 7) is 13.1. The van der Waals surface area contributed by atoms with Crippen LogP contribution < -0.4 is 4.90 Å².